The average molecular weight is 216 g/mol. The molecule has 1 amide bonds. The summed E-state index contributed by atoms with van der Waals surface area (Å²) in [7, 11) is 0. The number of carbonyl (C=O) groups excluding carboxylic acids is 1. The molecule has 90 valence electrons. The number of carbonyl (C=O) groups is 1. The van der Waals surface area contributed by atoms with Crippen molar-refractivity contribution in [1.82, 2.24) is 10.6 Å². The van der Waals surface area contributed by atoms with Crippen LogP contribution in [0.3, 0.4) is 0 Å². The number of hydrogen-bond donors (Lipinski definition) is 3. The number of aliphatic hydroxyl groups excluding tert-OH is 1. The Hall–Kier alpha value is -0.610. The Bertz CT molecular complexity index is 188. The minimum atomic E-state index is -0.182. The summed E-state index contributed by atoms with van der Waals surface area (Å²) in [4.78, 5) is 11.6. The highest BCUT2D eigenvalue weighted by atomic mass is 16.2. The fourth-order valence-electron chi connectivity index (χ4n) is 1.13. The molecule has 1 unspecified atom stereocenters. The minimum Gasteiger partial charge on any atom is -0.396 e. The molecule has 4 heteroatoms. The van der Waals surface area contributed by atoms with Gasteiger partial charge in [0.1, 0.15) is 0 Å². The van der Waals surface area contributed by atoms with Gasteiger partial charge in [-0.15, -0.1) is 0 Å². The van der Waals surface area contributed by atoms with Crippen LogP contribution in [0.4, 0.5) is 0 Å². The Morgan fingerprint density at radius 2 is 1.93 bits per heavy atom. The summed E-state index contributed by atoms with van der Waals surface area (Å²) in [5.74, 6) is 0.0199. The number of rotatable bonds is 6. The van der Waals surface area contributed by atoms with Crippen LogP contribution in [0.1, 0.15) is 40.5 Å². The Labute approximate surface area is 92.4 Å². The van der Waals surface area contributed by atoms with Crippen molar-refractivity contribution in [3.8, 4) is 0 Å². The van der Waals surface area contributed by atoms with Crippen LogP contribution in [0, 0.1) is 0 Å². The largest absolute Gasteiger partial charge is 0.396 e. The lowest BCUT2D eigenvalue weighted by Crippen LogP contribution is -2.49. The van der Waals surface area contributed by atoms with E-state index >= 15 is 0 Å². The monoisotopic (exact) mass is 216 g/mol. The lowest BCUT2D eigenvalue weighted by molar-refractivity contribution is -0.124. The Morgan fingerprint density at radius 3 is 2.40 bits per heavy atom. The molecule has 4 nitrogen and oxygen atoms in total. The average Bonchev–Trinajstić information content (AvgIpc) is 2.09. The summed E-state index contributed by atoms with van der Waals surface area (Å²) in [5.41, 5.74) is -0.182. The van der Waals surface area contributed by atoms with Crippen LogP contribution in [-0.4, -0.2) is 35.7 Å². The molecule has 15 heavy (non-hydrogen) atoms. The first-order valence-electron chi connectivity index (χ1n) is 5.53. The third kappa shape index (κ3) is 8.39. The number of nitrogens with one attached hydrogen (secondary N) is 2. The van der Waals surface area contributed by atoms with E-state index in [-0.39, 0.29) is 24.1 Å². The van der Waals surface area contributed by atoms with Crippen molar-refractivity contribution >= 4 is 5.91 Å². The Kier molecular flexibility index (Phi) is 6.52. The van der Waals surface area contributed by atoms with Gasteiger partial charge in [0.05, 0.1) is 6.04 Å². The third-order valence-electron chi connectivity index (χ3n) is 1.93. The first-order chi connectivity index (χ1) is 6.87. The maximum absolute atomic E-state index is 11.6. The first-order valence-corrected chi connectivity index (χ1v) is 5.53. The van der Waals surface area contributed by atoms with E-state index in [0.717, 1.165) is 19.4 Å². The van der Waals surface area contributed by atoms with Crippen LogP contribution < -0.4 is 10.6 Å². The van der Waals surface area contributed by atoms with Crippen molar-refractivity contribution in [1.29, 1.82) is 0 Å². The Morgan fingerprint density at radius 1 is 1.33 bits per heavy atom. The maximum Gasteiger partial charge on any atom is 0.237 e. The fourth-order valence-corrected chi connectivity index (χ4v) is 1.13. The Balaban J connectivity index is 3.70. The van der Waals surface area contributed by atoms with E-state index < -0.39 is 0 Å². The molecular weight excluding hydrogens is 192 g/mol. The highest BCUT2D eigenvalue weighted by molar-refractivity contribution is 5.81. The maximum atomic E-state index is 11.6. The van der Waals surface area contributed by atoms with Gasteiger partial charge in [0.15, 0.2) is 0 Å². The lowest BCUT2D eigenvalue weighted by atomic mass is 10.1. The molecular formula is C11H24N2O2. The van der Waals surface area contributed by atoms with Gasteiger partial charge in [-0.2, -0.15) is 0 Å². The zero-order valence-electron chi connectivity index (χ0n) is 10.3. The minimum absolute atomic E-state index is 0.0199. The molecule has 0 aromatic heterocycles. The molecule has 0 saturated carbocycles. The zero-order chi connectivity index (χ0) is 11.9. The van der Waals surface area contributed by atoms with Crippen molar-refractivity contribution in [2.75, 3.05) is 13.2 Å². The number of aliphatic hydroxyl groups is 1. The lowest BCUT2D eigenvalue weighted by Gasteiger charge is -2.23. The third-order valence-corrected chi connectivity index (χ3v) is 1.93. The van der Waals surface area contributed by atoms with Crippen molar-refractivity contribution in [2.45, 2.75) is 52.1 Å². The summed E-state index contributed by atoms with van der Waals surface area (Å²) in [5, 5.41) is 14.6. The predicted octanol–water partition coefficient (Wildman–Crippen LogP) is 0.652. The molecule has 0 fully saturated rings. The summed E-state index contributed by atoms with van der Waals surface area (Å²) < 4.78 is 0. The second-order valence-electron chi connectivity index (χ2n) is 4.85. The van der Waals surface area contributed by atoms with E-state index in [1.165, 1.54) is 0 Å². The van der Waals surface area contributed by atoms with Gasteiger partial charge in [-0.25, -0.2) is 0 Å². The van der Waals surface area contributed by atoms with Gasteiger partial charge in [-0.3, -0.25) is 4.79 Å². The van der Waals surface area contributed by atoms with Crippen molar-refractivity contribution in [3.63, 3.8) is 0 Å². The van der Waals surface area contributed by atoms with Crippen LogP contribution in [0.25, 0.3) is 0 Å². The molecule has 0 aromatic carbocycles. The molecule has 0 radical (unpaired) electrons. The van der Waals surface area contributed by atoms with Gasteiger partial charge in [-0.1, -0.05) is 0 Å². The quantitative estimate of drug-likeness (QED) is 0.571. The molecule has 0 bridgehead atoms. The zero-order valence-corrected chi connectivity index (χ0v) is 10.3. The van der Waals surface area contributed by atoms with Crippen molar-refractivity contribution in [3.05, 3.63) is 0 Å². The molecule has 3 N–H and O–H groups in total. The van der Waals surface area contributed by atoms with Crippen LogP contribution in [0.2, 0.25) is 0 Å². The van der Waals surface area contributed by atoms with Crippen LogP contribution in [-0.2, 0) is 4.79 Å². The predicted molar refractivity (Wildman–Crippen MR) is 61.7 cm³/mol. The fraction of sp³-hybridized carbons (Fsp3) is 0.909. The van der Waals surface area contributed by atoms with Crippen LogP contribution in [0.5, 0.6) is 0 Å². The number of hydrogen-bond acceptors (Lipinski definition) is 3. The summed E-state index contributed by atoms with van der Waals surface area (Å²) >= 11 is 0. The van der Waals surface area contributed by atoms with Gasteiger partial charge >= 0.3 is 0 Å². The molecule has 0 rings (SSSR count). The molecule has 0 heterocycles. The van der Waals surface area contributed by atoms with E-state index in [4.69, 9.17) is 5.11 Å². The summed E-state index contributed by atoms with van der Waals surface area (Å²) in [6.07, 6.45) is 1.67. The highest BCUT2D eigenvalue weighted by Gasteiger charge is 2.18. The van der Waals surface area contributed by atoms with E-state index in [9.17, 15) is 4.79 Å². The first kappa shape index (κ1) is 14.4. The normalized spacial score (nSPS) is 13.7. The van der Waals surface area contributed by atoms with Crippen LogP contribution in [0.15, 0.2) is 0 Å². The number of unbranched alkanes of at least 4 members (excludes halogenated alkanes) is 1. The molecule has 0 aromatic rings. The topological polar surface area (TPSA) is 61.4 Å². The van der Waals surface area contributed by atoms with E-state index in [0.29, 0.717) is 0 Å². The second kappa shape index (κ2) is 6.80. The van der Waals surface area contributed by atoms with E-state index in [1.807, 2.05) is 27.7 Å². The second-order valence-corrected chi connectivity index (χ2v) is 4.85. The van der Waals surface area contributed by atoms with Gasteiger partial charge in [-0.05, 0) is 47.1 Å². The van der Waals surface area contributed by atoms with E-state index in [2.05, 4.69) is 10.6 Å². The van der Waals surface area contributed by atoms with Gasteiger partial charge in [0.2, 0.25) is 5.91 Å². The molecule has 0 aliphatic heterocycles. The molecule has 0 spiro atoms. The highest BCUT2D eigenvalue weighted by Crippen LogP contribution is 1.99. The van der Waals surface area contributed by atoms with E-state index in [1.54, 1.807) is 0 Å². The van der Waals surface area contributed by atoms with Gasteiger partial charge in [0, 0.05) is 12.1 Å². The number of amides is 1. The standard InChI is InChI=1S/C11H24N2O2/c1-9(12-7-5-6-8-14)10(15)13-11(2,3)4/h9,12,14H,5-8H2,1-4H3,(H,13,15). The molecule has 1 atom stereocenters. The van der Waals surface area contributed by atoms with Crippen molar-refractivity contribution in [2.24, 2.45) is 0 Å². The summed E-state index contributed by atoms with van der Waals surface area (Å²) in [6, 6.07) is -0.178. The SMILES string of the molecule is CC(NCCCCO)C(=O)NC(C)(C)C. The van der Waals surface area contributed by atoms with Crippen LogP contribution >= 0.6 is 0 Å². The molecule has 0 aliphatic carbocycles. The van der Waals surface area contributed by atoms with Crippen molar-refractivity contribution < 1.29 is 9.90 Å². The van der Waals surface area contributed by atoms with Gasteiger partial charge in [0.25, 0.3) is 0 Å². The molecule has 0 saturated heterocycles. The molecule has 0 aliphatic rings. The van der Waals surface area contributed by atoms with Gasteiger partial charge < -0.3 is 15.7 Å². The summed E-state index contributed by atoms with van der Waals surface area (Å²) in [6.45, 7) is 8.71. The smallest absolute Gasteiger partial charge is 0.237 e.